The van der Waals surface area contributed by atoms with Crippen LogP contribution < -0.4 is 0 Å². The van der Waals surface area contributed by atoms with Crippen molar-refractivity contribution in [3.63, 3.8) is 0 Å². The standard InChI is InChI=1S/C11H25NO/c1-5-8-12(4)9-11(13)7-6-10(2)3/h10-11,13H,5-9H2,1-4H3. The minimum Gasteiger partial charge on any atom is -0.392 e. The summed E-state index contributed by atoms with van der Waals surface area (Å²) in [6.45, 7) is 8.46. The fraction of sp³-hybridized carbons (Fsp3) is 1.00. The molecule has 0 rings (SSSR count). The van der Waals surface area contributed by atoms with Crippen molar-refractivity contribution in [1.29, 1.82) is 0 Å². The molecule has 0 spiro atoms. The lowest BCUT2D eigenvalue weighted by atomic mass is 10.0. The molecule has 2 nitrogen and oxygen atoms in total. The Morgan fingerprint density at radius 1 is 1.23 bits per heavy atom. The van der Waals surface area contributed by atoms with Crippen molar-refractivity contribution in [1.82, 2.24) is 4.90 Å². The molecule has 13 heavy (non-hydrogen) atoms. The van der Waals surface area contributed by atoms with Gasteiger partial charge in [-0.25, -0.2) is 0 Å². The maximum Gasteiger partial charge on any atom is 0.0667 e. The van der Waals surface area contributed by atoms with Crippen LogP contribution in [0.25, 0.3) is 0 Å². The van der Waals surface area contributed by atoms with E-state index in [0.29, 0.717) is 5.92 Å². The first-order chi connectivity index (χ1) is 6.06. The molecule has 0 aromatic rings. The number of aliphatic hydroxyl groups is 1. The third-order valence-corrected chi connectivity index (χ3v) is 2.20. The quantitative estimate of drug-likeness (QED) is 0.660. The van der Waals surface area contributed by atoms with Gasteiger partial charge in [-0.2, -0.15) is 0 Å². The molecule has 1 N–H and O–H groups in total. The maximum atomic E-state index is 9.65. The summed E-state index contributed by atoms with van der Waals surface area (Å²) in [6, 6.07) is 0. The molecular weight excluding hydrogens is 162 g/mol. The average Bonchev–Trinajstić information content (AvgIpc) is 2.01. The lowest BCUT2D eigenvalue weighted by Crippen LogP contribution is -2.29. The number of hydrogen-bond donors (Lipinski definition) is 1. The summed E-state index contributed by atoms with van der Waals surface area (Å²) in [5.74, 6) is 0.700. The Balaban J connectivity index is 3.43. The van der Waals surface area contributed by atoms with E-state index in [0.717, 1.165) is 32.4 Å². The molecule has 1 atom stereocenters. The zero-order chi connectivity index (χ0) is 10.3. The molecule has 0 amide bonds. The fourth-order valence-electron chi connectivity index (χ4n) is 1.45. The molecule has 0 bridgehead atoms. The van der Waals surface area contributed by atoms with Crippen LogP contribution in [0, 0.1) is 5.92 Å². The Labute approximate surface area is 82.9 Å². The van der Waals surface area contributed by atoms with Crippen molar-refractivity contribution in [2.45, 2.75) is 46.1 Å². The van der Waals surface area contributed by atoms with Gasteiger partial charge in [-0.3, -0.25) is 0 Å². The number of likely N-dealkylation sites (N-methyl/N-ethyl adjacent to an activating group) is 1. The van der Waals surface area contributed by atoms with Crippen molar-refractivity contribution < 1.29 is 5.11 Å². The molecule has 80 valence electrons. The Hall–Kier alpha value is -0.0800. The van der Waals surface area contributed by atoms with Crippen molar-refractivity contribution in [3.05, 3.63) is 0 Å². The summed E-state index contributed by atoms with van der Waals surface area (Å²) < 4.78 is 0. The van der Waals surface area contributed by atoms with Crippen molar-refractivity contribution in [2.75, 3.05) is 20.1 Å². The van der Waals surface area contributed by atoms with Gasteiger partial charge in [0, 0.05) is 6.54 Å². The highest BCUT2D eigenvalue weighted by atomic mass is 16.3. The zero-order valence-corrected chi connectivity index (χ0v) is 9.58. The first kappa shape index (κ1) is 12.9. The Morgan fingerprint density at radius 2 is 1.85 bits per heavy atom. The molecule has 0 fully saturated rings. The minimum atomic E-state index is -0.140. The highest BCUT2D eigenvalue weighted by Gasteiger charge is 2.07. The van der Waals surface area contributed by atoms with Gasteiger partial charge in [-0.05, 0) is 38.8 Å². The Bertz CT molecular complexity index is 115. The van der Waals surface area contributed by atoms with Crippen LogP contribution in [0.1, 0.15) is 40.0 Å². The molecule has 0 saturated heterocycles. The van der Waals surface area contributed by atoms with Crippen molar-refractivity contribution >= 4 is 0 Å². The van der Waals surface area contributed by atoms with Crippen LogP contribution in [0.3, 0.4) is 0 Å². The second-order valence-corrected chi connectivity index (χ2v) is 4.39. The second kappa shape index (κ2) is 7.34. The normalized spacial score (nSPS) is 14.1. The van der Waals surface area contributed by atoms with E-state index in [2.05, 4.69) is 32.7 Å². The fourth-order valence-corrected chi connectivity index (χ4v) is 1.45. The molecular formula is C11H25NO. The molecule has 0 radical (unpaired) electrons. The summed E-state index contributed by atoms with van der Waals surface area (Å²) >= 11 is 0. The summed E-state index contributed by atoms with van der Waals surface area (Å²) in [6.07, 6.45) is 3.08. The summed E-state index contributed by atoms with van der Waals surface area (Å²) in [7, 11) is 2.07. The lowest BCUT2D eigenvalue weighted by molar-refractivity contribution is 0.112. The summed E-state index contributed by atoms with van der Waals surface area (Å²) in [5, 5.41) is 9.65. The zero-order valence-electron chi connectivity index (χ0n) is 9.58. The number of aliphatic hydroxyl groups excluding tert-OH is 1. The monoisotopic (exact) mass is 187 g/mol. The lowest BCUT2D eigenvalue weighted by Gasteiger charge is -2.20. The first-order valence-electron chi connectivity index (χ1n) is 5.42. The molecule has 1 unspecified atom stereocenters. The van der Waals surface area contributed by atoms with Crippen LogP contribution in [0.4, 0.5) is 0 Å². The Kier molecular flexibility index (Phi) is 7.29. The second-order valence-electron chi connectivity index (χ2n) is 4.39. The van der Waals surface area contributed by atoms with Gasteiger partial charge in [0.2, 0.25) is 0 Å². The van der Waals surface area contributed by atoms with Gasteiger partial charge in [0.25, 0.3) is 0 Å². The van der Waals surface area contributed by atoms with Gasteiger partial charge < -0.3 is 10.0 Å². The van der Waals surface area contributed by atoms with Crippen LogP contribution in [0.15, 0.2) is 0 Å². The molecule has 0 saturated carbocycles. The van der Waals surface area contributed by atoms with E-state index in [1.165, 1.54) is 0 Å². The van der Waals surface area contributed by atoms with Crippen LogP contribution in [0.5, 0.6) is 0 Å². The van der Waals surface area contributed by atoms with Crippen LogP contribution >= 0.6 is 0 Å². The largest absolute Gasteiger partial charge is 0.392 e. The third kappa shape index (κ3) is 8.26. The first-order valence-corrected chi connectivity index (χ1v) is 5.42. The average molecular weight is 187 g/mol. The smallest absolute Gasteiger partial charge is 0.0667 e. The van der Waals surface area contributed by atoms with Crippen molar-refractivity contribution in [2.24, 2.45) is 5.92 Å². The highest BCUT2D eigenvalue weighted by molar-refractivity contribution is 4.62. The number of hydrogen-bond acceptors (Lipinski definition) is 2. The van der Waals surface area contributed by atoms with Gasteiger partial charge in [0.05, 0.1) is 6.10 Å². The van der Waals surface area contributed by atoms with Gasteiger partial charge in [0.15, 0.2) is 0 Å². The third-order valence-electron chi connectivity index (χ3n) is 2.20. The highest BCUT2D eigenvalue weighted by Crippen LogP contribution is 2.07. The topological polar surface area (TPSA) is 23.5 Å². The number of nitrogens with zero attached hydrogens (tertiary/aromatic N) is 1. The van der Waals surface area contributed by atoms with E-state index in [1.807, 2.05) is 0 Å². The van der Waals surface area contributed by atoms with E-state index in [9.17, 15) is 5.11 Å². The van der Waals surface area contributed by atoms with Crippen LogP contribution in [0.2, 0.25) is 0 Å². The minimum absolute atomic E-state index is 0.140. The number of rotatable bonds is 7. The van der Waals surface area contributed by atoms with E-state index in [4.69, 9.17) is 0 Å². The van der Waals surface area contributed by atoms with Crippen molar-refractivity contribution in [3.8, 4) is 0 Å². The molecule has 0 aromatic heterocycles. The molecule has 0 heterocycles. The Morgan fingerprint density at radius 3 is 2.31 bits per heavy atom. The molecule has 0 aliphatic heterocycles. The van der Waals surface area contributed by atoms with E-state index < -0.39 is 0 Å². The maximum absolute atomic E-state index is 9.65. The van der Waals surface area contributed by atoms with Crippen LogP contribution in [-0.4, -0.2) is 36.2 Å². The summed E-state index contributed by atoms with van der Waals surface area (Å²) in [5.41, 5.74) is 0. The van der Waals surface area contributed by atoms with E-state index in [-0.39, 0.29) is 6.10 Å². The van der Waals surface area contributed by atoms with Gasteiger partial charge >= 0.3 is 0 Å². The van der Waals surface area contributed by atoms with E-state index >= 15 is 0 Å². The SMILES string of the molecule is CCCN(C)CC(O)CCC(C)C. The molecule has 0 aliphatic carbocycles. The van der Waals surface area contributed by atoms with Gasteiger partial charge in [-0.15, -0.1) is 0 Å². The predicted octanol–water partition coefficient (Wildman–Crippen LogP) is 2.13. The molecule has 0 aliphatic rings. The predicted molar refractivity (Wildman–Crippen MR) is 57.9 cm³/mol. The van der Waals surface area contributed by atoms with Gasteiger partial charge in [0.1, 0.15) is 0 Å². The summed E-state index contributed by atoms with van der Waals surface area (Å²) in [4.78, 5) is 2.20. The molecule has 2 heteroatoms. The van der Waals surface area contributed by atoms with E-state index in [1.54, 1.807) is 0 Å². The van der Waals surface area contributed by atoms with Gasteiger partial charge in [-0.1, -0.05) is 20.8 Å². The molecule has 0 aromatic carbocycles. The van der Waals surface area contributed by atoms with Crippen LogP contribution in [-0.2, 0) is 0 Å².